The third-order valence-electron chi connectivity index (χ3n) is 2.80. The highest BCUT2D eigenvalue weighted by atomic mass is 35.5. The van der Waals surface area contributed by atoms with Gasteiger partial charge in [0.25, 0.3) is 0 Å². The zero-order valence-electron chi connectivity index (χ0n) is 10.9. The second-order valence-electron chi connectivity index (χ2n) is 4.38. The first-order valence-corrected chi connectivity index (χ1v) is 6.92. The number of rotatable bonds is 3. The number of halogens is 2. The summed E-state index contributed by atoms with van der Waals surface area (Å²) < 4.78 is 12.9. The first kappa shape index (κ1) is 14.8. The molecule has 2 rings (SSSR count). The Morgan fingerprint density at radius 3 is 2.55 bits per heavy atom. The van der Waals surface area contributed by atoms with Crippen LogP contribution < -0.4 is 10.6 Å². The number of benzene rings is 2. The summed E-state index contributed by atoms with van der Waals surface area (Å²) >= 11 is 11.1. The lowest BCUT2D eigenvalue weighted by Gasteiger charge is -2.17. The minimum atomic E-state index is -0.249. The topological polar surface area (TPSA) is 24.1 Å². The number of anilines is 1. The zero-order valence-corrected chi connectivity index (χ0v) is 12.4. The maximum absolute atomic E-state index is 12.9. The van der Waals surface area contributed by atoms with Gasteiger partial charge in [0.2, 0.25) is 0 Å². The Kier molecular flexibility index (Phi) is 4.93. The van der Waals surface area contributed by atoms with Crippen LogP contribution in [0.5, 0.6) is 0 Å². The molecular weight excluding hydrogens is 295 g/mol. The van der Waals surface area contributed by atoms with Crippen LogP contribution in [0.4, 0.5) is 10.1 Å². The first-order chi connectivity index (χ1) is 9.54. The average molecular weight is 309 g/mol. The van der Waals surface area contributed by atoms with Crippen LogP contribution in [0.2, 0.25) is 5.02 Å². The monoisotopic (exact) mass is 308 g/mol. The molecule has 0 spiro atoms. The molecule has 0 bridgehead atoms. The van der Waals surface area contributed by atoms with Crippen molar-refractivity contribution in [3.05, 3.63) is 64.9 Å². The van der Waals surface area contributed by atoms with Gasteiger partial charge in [0.15, 0.2) is 5.11 Å². The van der Waals surface area contributed by atoms with Gasteiger partial charge in [-0.25, -0.2) is 4.39 Å². The summed E-state index contributed by atoms with van der Waals surface area (Å²) in [6.07, 6.45) is 0. The van der Waals surface area contributed by atoms with Crippen molar-refractivity contribution in [1.29, 1.82) is 0 Å². The van der Waals surface area contributed by atoms with Gasteiger partial charge < -0.3 is 10.6 Å². The van der Waals surface area contributed by atoms with Crippen molar-refractivity contribution < 1.29 is 4.39 Å². The van der Waals surface area contributed by atoms with E-state index in [0.29, 0.717) is 10.1 Å². The van der Waals surface area contributed by atoms with Gasteiger partial charge in [-0.2, -0.15) is 0 Å². The fourth-order valence-corrected chi connectivity index (χ4v) is 2.25. The molecule has 2 nitrogen and oxygen atoms in total. The lowest BCUT2D eigenvalue weighted by molar-refractivity contribution is 0.624. The van der Waals surface area contributed by atoms with Gasteiger partial charge in [0.1, 0.15) is 5.82 Å². The third kappa shape index (κ3) is 4.18. The molecule has 0 aliphatic heterocycles. The Hall–Kier alpha value is -1.65. The maximum atomic E-state index is 12.9. The van der Waals surface area contributed by atoms with E-state index in [1.165, 1.54) is 12.1 Å². The van der Waals surface area contributed by atoms with Crippen LogP contribution in [0.3, 0.4) is 0 Å². The molecule has 0 aromatic heterocycles. The molecule has 0 saturated carbocycles. The molecule has 1 atom stereocenters. The Labute approximate surface area is 128 Å². The summed E-state index contributed by atoms with van der Waals surface area (Å²) in [5, 5.41) is 7.33. The normalized spacial score (nSPS) is 11.8. The standard InChI is InChI=1S/C15H14ClFN2S/c1-10(11-5-7-13(17)8-6-11)18-15(20)19-14-4-2-3-12(16)9-14/h2-10H,1H3,(H2,18,19,20). The number of hydrogen-bond donors (Lipinski definition) is 2. The molecule has 104 valence electrons. The van der Waals surface area contributed by atoms with Crippen molar-refractivity contribution in [2.75, 3.05) is 5.32 Å². The lowest BCUT2D eigenvalue weighted by atomic mass is 10.1. The quantitative estimate of drug-likeness (QED) is 0.815. The summed E-state index contributed by atoms with van der Waals surface area (Å²) in [5.74, 6) is -0.249. The van der Waals surface area contributed by atoms with Crippen LogP contribution >= 0.6 is 23.8 Å². The van der Waals surface area contributed by atoms with Gasteiger partial charge >= 0.3 is 0 Å². The Bertz CT molecular complexity index is 601. The molecule has 2 aromatic rings. The molecule has 1 unspecified atom stereocenters. The average Bonchev–Trinajstić information content (AvgIpc) is 2.39. The van der Waals surface area contributed by atoms with Crippen LogP contribution in [-0.4, -0.2) is 5.11 Å². The number of nitrogens with one attached hydrogen (secondary N) is 2. The van der Waals surface area contributed by atoms with Crippen molar-refractivity contribution >= 4 is 34.6 Å². The van der Waals surface area contributed by atoms with E-state index in [9.17, 15) is 4.39 Å². The van der Waals surface area contributed by atoms with Crippen LogP contribution in [0.1, 0.15) is 18.5 Å². The summed E-state index contributed by atoms with van der Waals surface area (Å²) in [4.78, 5) is 0. The highest BCUT2D eigenvalue weighted by Crippen LogP contribution is 2.16. The van der Waals surface area contributed by atoms with E-state index in [4.69, 9.17) is 23.8 Å². The molecule has 2 aromatic carbocycles. The second kappa shape index (κ2) is 6.68. The third-order valence-corrected chi connectivity index (χ3v) is 3.26. The van der Waals surface area contributed by atoms with Crippen molar-refractivity contribution in [2.45, 2.75) is 13.0 Å². The molecule has 20 heavy (non-hydrogen) atoms. The van der Waals surface area contributed by atoms with Crippen molar-refractivity contribution in [3.63, 3.8) is 0 Å². The molecule has 0 radical (unpaired) electrons. The van der Waals surface area contributed by atoms with E-state index in [-0.39, 0.29) is 11.9 Å². The molecule has 0 saturated heterocycles. The van der Waals surface area contributed by atoms with Crippen molar-refractivity contribution in [1.82, 2.24) is 5.32 Å². The maximum Gasteiger partial charge on any atom is 0.171 e. The smallest absolute Gasteiger partial charge is 0.171 e. The largest absolute Gasteiger partial charge is 0.356 e. The Balaban J connectivity index is 1.95. The van der Waals surface area contributed by atoms with Gasteiger partial charge in [-0.15, -0.1) is 0 Å². The van der Waals surface area contributed by atoms with Gasteiger partial charge in [-0.05, 0) is 55.0 Å². The molecule has 0 heterocycles. The molecule has 5 heteroatoms. The fourth-order valence-electron chi connectivity index (χ4n) is 1.76. The molecular formula is C15H14ClFN2S. The van der Waals surface area contributed by atoms with Crippen LogP contribution in [0, 0.1) is 5.82 Å². The van der Waals surface area contributed by atoms with E-state index in [2.05, 4.69) is 10.6 Å². The number of hydrogen-bond acceptors (Lipinski definition) is 1. The summed E-state index contributed by atoms with van der Waals surface area (Å²) in [5.41, 5.74) is 1.78. The minimum absolute atomic E-state index is 0.0187. The van der Waals surface area contributed by atoms with E-state index in [1.807, 2.05) is 19.1 Å². The summed E-state index contributed by atoms with van der Waals surface area (Å²) in [6.45, 7) is 1.96. The summed E-state index contributed by atoms with van der Waals surface area (Å²) in [6, 6.07) is 13.6. The van der Waals surface area contributed by atoms with E-state index in [1.54, 1.807) is 24.3 Å². The van der Waals surface area contributed by atoms with Crippen LogP contribution in [0.25, 0.3) is 0 Å². The summed E-state index contributed by atoms with van der Waals surface area (Å²) in [7, 11) is 0. The molecule has 0 fully saturated rings. The highest BCUT2D eigenvalue weighted by molar-refractivity contribution is 7.80. The Morgan fingerprint density at radius 1 is 1.20 bits per heavy atom. The molecule has 0 aliphatic carbocycles. The van der Waals surface area contributed by atoms with Crippen LogP contribution in [-0.2, 0) is 0 Å². The fraction of sp³-hybridized carbons (Fsp3) is 0.133. The SMILES string of the molecule is CC(NC(=S)Nc1cccc(Cl)c1)c1ccc(F)cc1. The number of thiocarbonyl (C=S) groups is 1. The molecule has 0 amide bonds. The zero-order chi connectivity index (χ0) is 14.5. The van der Waals surface area contributed by atoms with E-state index in [0.717, 1.165) is 11.3 Å². The molecule has 2 N–H and O–H groups in total. The van der Waals surface area contributed by atoms with Crippen molar-refractivity contribution in [3.8, 4) is 0 Å². The van der Waals surface area contributed by atoms with E-state index >= 15 is 0 Å². The predicted octanol–water partition coefficient (Wildman–Crippen LogP) is 4.53. The van der Waals surface area contributed by atoms with Gasteiger partial charge in [0, 0.05) is 10.7 Å². The highest BCUT2D eigenvalue weighted by Gasteiger charge is 2.07. The van der Waals surface area contributed by atoms with E-state index < -0.39 is 0 Å². The van der Waals surface area contributed by atoms with Crippen LogP contribution in [0.15, 0.2) is 48.5 Å². The van der Waals surface area contributed by atoms with Gasteiger partial charge in [0.05, 0.1) is 6.04 Å². The van der Waals surface area contributed by atoms with Gasteiger partial charge in [-0.3, -0.25) is 0 Å². The Morgan fingerprint density at radius 2 is 1.90 bits per heavy atom. The van der Waals surface area contributed by atoms with Gasteiger partial charge in [-0.1, -0.05) is 29.8 Å². The van der Waals surface area contributed by atoms with Crippen molar-refractivity contribution in [2.24, 2.45) is 0 Å². The predicted molar refractivity (Wildman–Crippen MR) is 85.6 cm³/mol. The lowest BCUT2D eigenvalue weighted by Crippen LogP contribution is -2.30. The first-order valence-electron chi connectivity index (χ1n) is 6.13. The second-order valence-corrected chi connectivity index (χ2v) is 5.23. The molecule has 0 aliphatic rings. The minimum Gasteiger partial charge on any atom is -0.356 e.